The Bertz CT molecular complexity index is 383. The number of rotatable bonds is 3. The van der Waals surface area contributed by atoms with Crippen LogP contribution in [0.25, 0.3) is 0 Å². The molecule has 2 amide bonds. The molecule has 6 heteroatoms. The third-order valence-corrected chi connectivity index (χ3v) is 5.75. The fourth-order valence-electron chi connectivity index (χ4n) is 3.05. The number of nitrogens with one attached hydrogen (secondary N) is 1. The van der Waals surface area contributed by atoms with Crippen LogP contribution in [0.3, 0.4) is 0 Å². The molecule has 0 aromatic heterocycles. The first-order valence-corrected chi connectivity index (χ1v) is 8.28. The van der Waals surface area contributed by atoms with E-state index < -0.39 is 11.9 Å². The molecule has 20 heavy (non-hydrogen) atoms. The van der Waals surface area contributed by atoms with Gasteiger partial charge in [0.15, 0.2) is 0 Å². The van der Waals surface area contributed by atoms with Crippen molar-refractivity contribution in [1.29, 1.82) is 0 Å². The average molecular weight is 300 g/mol. The Morgan fingerprint density at radius 2 is 2.20 bits per heavy atom. The molecule has 0 aliphatic carbocycles. The predicted octanol–water partition coefficient (Wildman–Crippen LogP) is 2.02. The van der Waals surface area contributed by atoms with Crippen LogP contribution in [-0.4, -0.2) is 52.1 Å². The van der Waals surface area contributed by atoms with Crippen molar-refractivity contribution >= 4 is 23.8 Å². The molecule has 0 aromatic rings. The number of carboxylic acid groups (broad SMARTS) is 1. The molecule has 2 aliphatic heterocycles. The van der Waals surface area contributed by atoms with Gasteiger partial charge in [-0.3, -0.25) is 4.79 Å². The summed E-state index contributed by atoms with van der Waals surface area (Å²) in [7, 11) is 0. The van der Waals surface area contributed by atoms with E-state index in [-0.39, 0.29) is 16.7 Å². The van der Waals surface area contributed by atoms with Crippen molar-refractivity contribution < 1.29 is 14.7 Å². The Morgan fingerprint density at radius 3 is 2.80 bits per heavy atom. The number of aliphatic carboxylic acids is 1. The van der Waals surface area contributed by atoms with Crippen molar-refractivity contribution in [1.82, 2.24) is 10.2 Å². The van der Waals surface area contributed by atoms with Gasteiger partial charge >= 0.3 is 12.0 Å². The number of hydrogen-bond donors (Lipinski definition) is 2. The van der Waals surface area contributed by atoms with E-state index in [1.54, 1.807) is 4.90 Å². The van der Waals surface area contributed by atoms with Gasteiger partial charge in [0.2, 0.25) is 0 Å². The van der Waals surface area contributed by atoms with Crippen molar-refractivity contribution in [3.8, 4) is 0 Å². The molecule has 2 aliphatic rings. The number of carbonyl (C=O) groups excluding carboxylic acids is 1. The Balaban J connectivity index is 1.86. The fourth-order valence-corrected chi connectivity index (χ4v) is 4.29. The summed E-state index contributed by atoms with van der Waals surface area (Å²) in [6.07, 6.45) is 3.00. The quantitative estimate of drug-likeness (QED) is 0.836. The predicted molar refractivity (Wildman–Crippen MR) is 80.0 cm³/mol. The molecule has 2 rings (SSSR count). The summed E-state index contributed by atoms with van der Waals surface area (Å²) in [4.78, 5) is 25.0. The van der Waals surface area contributed by atoms with E-state index in [4.69, 9.17) is 5.11 Å². The number of likely N-dealkylation sites (tertiary alicyclic amines) is 1. The minimum Gasteiger partial charge on any atom is -0.481 e. The van der Waals surface area contributed by atoms with Crippen LogP contribution in [0.1, 0.15) is 33.1 Å². The molecule has 2 N–H and O–H groups in total. The van der Waals surface area contributed by atoms with E-state index in [1.165, 1.54) is 6.42 Å². The summed E-state index contributed by atoms with van der Waals surface area (Å²) < 4.78 is 0.142. The summed E-state index contributed by atoms with van der Waals surface area (Å²) >= 11 is 1.91. The molecule has 0 saturated carbocycles. The van der Waals surface area contributed by atoms with Gasteiger partial charge in [-0.1, -0.05) is 6.92 Å². The van der Waals surface area contributed by atoms with E-state index in [0.717, 1.165) is 12.2 Å². The lowest BCUT2D eigenvalue weighted by Gasteiger charge is -2.35. The van der Waals surface area contributed by atoms with Crippen LogP contribution < -0.4 is 5.32 Å². The van der Waals surface area contributed by atoms with Crippen LogP contribution >= 0.6 is 11.8 Å². The third kappa shape index (κ3) is 3.81. The zero-order valence-corrected chi connectivity index (χ0v) is 13.0. The topological polar surface area (TPSA) is 69.6 Å². The highest BCUT2D eigenvalue weighted by Gasteiger charge is 2.34. The Kier molecular flexibility index (Phi) is 4.83. The van der Waals surface area contributed by atoms with Gasteiger partial charge in [-0.25, -0.2) is 4.79 Å². The number of thioether (sulfide) groups is 1. The lowest BCUT2D eigenvalue weighted by Crippen LogP contribution is -2.51. The molecule has 0 aromatic carbocycles. The maximum Gasteiger partial charge on any atom is 0.317 e. The zero-order valence-electron chi connectivity index (χ0n) is 12.2. The summed E-state index contributed by atoms with van der Waals surface area (Å²) in [5.74, 6) is 0.175. The van der Waals surface area contributed by atoms with Crippen molar-refractivity contribution in [2.24, 2.45) is 11.8 Å². The molecular weight excluding hydrogens is 276 g/mol. The summed E-state index contributed by atoms with van der Waals surface area (Å²) in [5, 5.41) is 12.1. The largest absolute Gasteiger partial charge is 0.481 e. The molecule has 2 saturated heterocycles. The first kappa shape index (κ1) is 15.5. The van der Waals surface area contributed by atoms with Crippen molar-refractivity contribution in [2.75, 3.05) is 25.4 Å². The second kappa shape index (κ2) is 6.24. The van der Waals surface area contributed by atoms with Crippen LogP contribution in [0, 0.1) is 11.8 Å². The third-order valence-electron chi connectivity index (χ3n) is 4.21. The average Bonchev–Trinajstić information content (AvgIpc) is 2.82. The van der Waals surface area contributed by atoms with Gasteiger partial charge in [-0.2, -0.15) is 11.8 Å². The minimum absolute atomic E-state index is 0.114. The molecule has 0 spiro atoms. The van der Waals surface area contributed by atoms with Crippen LogP contribution in [0.5, 0.6) is 0 Å². The molecule has 0 radical (unpaired) electrons. The van der Waals surface area contributed by atoms with Crippen molar-refractivity contribution in [3.63, 3.8) is 0 Å². The molecule has 2 heterocycles. The molecule has 2 fully saturated rings. The Hall–Kier alpha value is -0.910. The summed E-state index contributed by atoms with van der Waals surface area (Å²) in [6.45, 7) is 5.83. The first-order chi connectivity index (χ1) is 9.39. The number of amides is 2. The van der Waals surface area contributed by atoms with Gasteiger partial charge in [0.05, 0.1) is 5.92 Å². The van der Waals surface area contributed by atoms with E-state index >= 15 is 0 Å². The maximum atomic E-state index is 12.2. The van der Waals surface area contributed by atoms with Crippen molar-refractivity contribution in [2.45, 2.75) is 37.9 Å². The molecule has 5 nitrogen and oxygen atoms in total. The lowest BCUT2D eigenvalue weighted by molar-refractivity contribution is -0.143. The highest BCUT2D eigenvalue weighted by Crippen LogP contribution is 2.37. The zero-order chi connectivity index (χ0) is 14.8. The molecule has 114 valence electrons. The lowest BCUT2D eigenvalue weighted by atomic mass is 9.91. The normalized spacial score (nSPS) is 34.0. The van der Waals surface area contributed by atoms with Crippen LogP contribution in [-0.2, 0) is 4.79 Å². The SMILES string of the molecule is CC1CC(C(=O)O)CN(C(=O)NCC2(C)CCCS2)C1. The number of carbonyl (C=O) groups is 2. The maximum absolute atomic E-state index is 12.2. The molecule has 0 bridgehead atoms. The summed E-state index contributed by atoms with van der Waals surface area (Å²) in [6, 6.07) is -0.114. The van der Waals surface area contributed by atoms with Gasteiger partial charge in [-0.15, -0.1) is 0 Å². The van der Waals surface area contributed by atoms with Gasteiger partial charge in [0.1, 0.15) is 0 Å². The van der Waals surface area contributed by atoms with Crippen molar-refractivity contribution in [3.05, 3.63) is 0 Å². The van der Waals surface area contributed by atoms with Gasteiger partial charge in [-0.05, 0) is 37.9 Å². The molecule has 3 unspecified atom stereocenters. The molecule has 3 atom stereocenters. The summed E-state index contributed by atoms with van der Waals surface area (Å²) in [5.41, 5.74) is 0. The van der Waals surface area contributed by atoms with E-state index in [1.807, 2.05) is 18.7 Å². The van der Waals surface area contributed by atoms with E-state index in [9.17, 15) is 9.59 Å². The van der Waals surface area contributed by atoms with Crippen LogP contribution in [0.4, 0.5) is 4.79 Å². The number of carboxylic acids is 1. The number of nitrogens with zero attached hydrogens (tertiary/aromatic N) is 1. The van der Waals surface area contributed by atoms with Crippen LogP contribution in [0.2, 0.25) is 0 Å². The van der Waals surface area contributed by atoms with Gasteiger partial charge < -0.3 is 15.3 Å². The second-order valence-electron chi connectivity index (χ2n) is 6.34. The highest BCUT2D eigenvalue weighted by molar-refractivity contribution is 8.00. The first-order valence-electron chi connectivity index (χ1n) is 7.29. The van der Waals surface area contributed by atoms with E-state index in [2.05, 4.69) is 12.2 Å². The standard InChI is InChI=1S/C14H24N2O3S/c1-10-6-11(12(17)18)8-16(7-10)13(19)15-9-14(2)4-3-5-20-14/h10-11H,3-9H2,1-2H3,(H,15,19)(H,17,18). The van der Waals surface area contributed by atoms with Crippen LogP contribution in [0.15, 0.2) is 0 Å². The van der Waals surface area contributed by atoms with Gasteiger partial charge in [0, 0.05) is 24.4 Å². The molecular formula is C14H24N2O3S. The minimum atomic E-state index is -0.798. The fraction of sp³-hybridized carbons (Fsp3) is 0.857. The van der Waals surface area contributed by atoms with Gasteiger partial charge in [0.25, 0.3) is 0 Å². The van der Waals surface area contributed by atoms with E-state index in [0.29, 0.717) is 26.1 Å². The number of hydrogen-bond acceptors (Lipinski definition) is 3. The Morgan fingerprint density at radius 1 is 1.45 bits per heavy atom. The smallest absolute Gasteiger partial charge is 0.317 e. The second-order valence-corrected chi connectivity index (χ2v) is 8.02. The monoisotopic (exact) mass is 300 g/mol. The Labute approximate surface area is 124 Å². The number of piperidine rings is 1. The number of urea groups is 1. The highest BCUT2D eigenvalue weighted by atomic mass is 32.2.